The molecule has 21 heavy (non-hydrogen) atoms. The Morgan fingerprint density at radius 1 is 1.19 bits per heavy atom. The van der Waals surface area contributed by atoms with Crippen molar-refractivity contribution in [3.63, 3.8) is 0 Å². The Bertz CT molecular complexity index is 631. The minimum atomic E-state index is -0.349. The fourth-order valence-corrected chi connectivity index (χ4v) is 1.80. The van der Waals surface area contributed by atoms with Gasteiger partial charge in [0.05, 0.1) is 0 Å². The predicted molar refractivity (Wildman–Crippen MR) is 79.0 cm³/mol. The maximum absolute atomic E-state index is 13.5. The monoisotopic (exact) mass is 291 g/mol. The first-order valence-corrected chi connectivity index (χ1v) is 6.74. The van der Waals surface area contributed by atoms with Gasteiger partial charge in [-0.15, -0.1) is 0 Å². The Labute approximate surface area is 122 Å². The number of anilines is 2. The molecule has 0 aliphatic carbocycles. The molecule has 0 fully saturated rings. The number of ether oxygens (including phenoxy) is 1. The van der Waals surface area contributed by atoms with Crippen molar-refractivity contribution in [2.45, 2.75) is 20.8 Å². The third-order valence-corrected chi connectivity index (χ3v) is 3.02. The molecule has 0 aliphatic rings. The summed E-state index contributed by atoms with van der Waals surface area (Å²) in [5.41, 5.74) is 6.21. The Balaban J connectivity index is 2.29. The molecule has 0 saturated carbocycles. The van der Waals surface area contributed by atoms with Crippen molar-refractivity contribution >= 4 is 11.9 Å². The molecule has 0 spiro atoms. The van der Waals surface area contributed by atoms with Gasteiger partial charge in [-0.05, 0) is 32.4 Å². The third kappa shape index (κ3) is 3.56. The Hall–Kier alpha value is -2.44. The fourth-order valence-electron chi connectivity index (χ4n) is 1.80. The summed E-state index contributed by atoms with van der Waals surface area (Å²) in [5.74, 6) is 0.470. The van der Waals surface area contributed by atoms with Crippen LogP contribution in [0.2, 0.25) is 0 Å². The van der Waals surface area contributed by atoms with Gasteiger partial charge >= 0.3 is 6.01 Å². The number of hydrogen-bond donors (Lipinski definition) is 1. The third-order valence-electron chi connectivity index (χ3n) is 3.02. The standard InChI is InChI=1S/C14H18FN5O/c1-4-20(5-2)13-17-12(16)18-14(19-13)21-10-7-6-9(3)11(15)8-10/h6-8H,4-5H2,1-3H3,(H2,16,17,18,19). The number of nitrogens with zero attached hydrogens (tertiary/aromatic N) is 4. The van der Waals surface area contributed by atoms with Crippen molar-refractivity contribution < 1.29 is 9.13 Å². The lowest BCUT2D eigenvalue weighted by Crippen LogP contribution is -2.25. The van der Waals surface area contributed by atoms with Crippen LogP contribution in [0.1, 0.15) is 19.4 Å². The van der Waals surface area contributed by atoms with Crippen LogP contribution < -0.4 is 15.4 Å². The summed E-state index contributed by atoms with van der Waals surface area (Å²) in [6.07, 6.45) is 0. The molecule has 1 aromatic heterocycles. The predicted octanol–water partition coefficient (Wildman–Crippen LogP) is 2.54. The van der Waals surface area contributed by atoms with Crippen LogP contribution in [0, 0.1) is 12.7 Å². The van der Waals surface area contributed by atoms with Crippen LogP contribution in [0.25, 0.3) is 0 Å². The zero-order valence-electron chi connectivity index (χ0n) is 12.3. The zero-order chi connectivity index (χ0) is 15.4. The van der Waals surface area contributed by atoms with E-state index in [4.69, 9.17) is 10.5 Å². The molecule has 2 rings (SSSR count). The first-order chi connectivity index (χ1) is 10.0. The lowest BCUT2D eigenvalue weighted by molar-refractivity contribution is 0.436. The normalized spacial score (nSPS) is 10.5. The summed E-state index contributed by atoms with van der Waals surface area (Å²) in [5, 5.41) is 0. The summed E-state index contributed by atoms with van der Waals surface area (Å²) in [6.45, 7) is 7.12. The van der Waals surface area contributed by atoms with Gasteiger partial charge in [-0.25, -0.2) is 4.39 Å². The fraction of sp³-hybridized carbons (Fsp3) is 0.357. The highest BCUT2D eigenvalue weighted by atomic mass is 19.1. The van der Waals surface area contributed by atoms with E-state index in [1.807, 2.05) is 18.7 Å². The van der Waals surface area contributed by atoms with Gasteiger partial charge in [0, 0.05) is 19.2 Å². The van der Waals surface area contributed by atoms with E-state index in [1.54, 1.807) is 19.1 Å². The first kappa shape index (κ1) is 15.0. The van der Waals surface area contributed by atoms with E-state index in [1.165, 1.54) is 6.07 Å². The molecule has 2 aromatic rings. The van der Waals surface area contributed by atoms with Gasteiger partial charge < -0.3 is 15.4 Å². The maximum Gasteiger partial charge on any atom is 0.328 e. The lowest BCUT2D eigenvalue weighted by atomic mass is 10.2. The molecule has 1 aromatic carbocycles. The molecule has 2 N–H and O–H groups in total. The van der Waals surface area contributed by atoms with E-state index in [9.17, 15) is 4.39 Å². The van der Waals surface area contributed by atoms with E-state index in [-0.39, 0.29) is 17.8 Å². The number of rotatable bonds is 5. The van der Waals surface area contributed by atoms with Crippen LogP contribution in [0.15, 0.2) is 18.2 Å². The zero-order valence-corrected chi connectivity index (χ0v) is 12.3. The maximum atomic E-state index is 13.5. The van der Waals surface area contributed by atoms with Crippen LogP contribution in [-0.4, -0.2) is 28.0 Å². The van der Waals surface area contributed by atoms with E-state index in [0.717, 1.165) is 13.1 Å². The van der Waals surface area contributed by atoms with Gasteiger partial charge in [0.2, 0.25) is 11.9 Å². The first-order valence-electron chi connectivity index (χ1n) is 6.74. The molecular weight excluding hydrogens is 273 g/mol. The second-order valence-electron chi connectivity index (χ2n) is 4.46. The van der Waals surface area contributed by atoms with Gasteiger partial charge in [0.25, 0.3) is 0 Å². The molecule has 0 aliphatic heterocycles. The second-order valence-corrected chi connectivity index (χ2v) is 4.46. The quantitative estimate of drug-likeness (QED) is 0.912. The molecule has 0 amide bonds. The van der Waals surface area contributed by atoms with Crippen molar-refractivity contribution in [1.29, 1.82) is 0 Å². The summed E-state index contributed by atoms with van der Waals surface area (Å²) >= 11 is 0. The van der Waals surface area contributed by atoms with Crippen molar-refractivity contribution in [1.82, 2.24) is 15.0 Å². The molecule has 112 valence electrons. The van der Waals surface area contributed by atoms with Crippen LogP contribution >= 0.6 is 0 Å². The SMILES string of the molecule is CCN(CC)c1nc(N)nc(Oc2ccc(C)c(F)c2)n1. The molecule has 1 heterocycles. The van der Waals surface area contributed by atoms with Gasteiger partial charge in [0.15, 0.2) is 0 Å². The Morgan fingerprint density at radius 2 is 1.90 bits per heavy atom. The number of aryl methyl sites for hydroxylation is 1. The molecule has 7 heteroatoms. The number of benzene rings is 1. The average Bonchev–Trinajstić information content (AvgIpc) is 2.44. The van der Waals surface area contributed by atoms with Crippen molar-refractivity contribution in [2.75, 3.05) is 23.7 Å². The molecular formula is C14H18FN5O. The number of hydrogen-bond acceptors (Lipinski definition) is 6. The molecule has 0 radical (unpaired) electrons. The largest absolute Gasteiger partial charge is 0.424 e. The highest BCUT2D eigenvalue weighted by molar-refractivity contribution is 5.37. The van der Waals surface area contributed by atoms with E-state index < -0.39 is 0 Å². The molecule has 0 bridgehead atoms. The summed E-state index contributed by atoms with van der Waals surface area (Å²) in [6, 6.07) is 4.61. The van der Waals surface area contributed by atoms with Crippen LogP contribution in [-0.2, 0) is 0 Å². The molecule has 6 nitrogen and oxygen atoms in total. The van der Waals surface area contributed by atoms with Gasteiger partial charge in [-0.2, -0.15) is 15.0 Å². The highest BCUT2D eigenvalue weighted by Gasteiger charge is 2.11. The van der Waals surface area contributed by atoms with E-state index in [2.05, 4.69) is 15.0 Å². The van der Waals surface area contributed by atoms with Crippen LogP contribution in [0.4, 0.5) is 16.3 Å². The molecule has 0 unspecified atom stereocenters. The Kier molecular flexibility index (Phi) is 4.52. The lowest BCUT2D eigenvalue weighted by Gasteiger charge is -2.18. The van der Waals surface area contributed by atoms with E-state index >= 15 is 0 Å². The second kappa shape index (κ2) is 6.34. The highest BCUT2D eigenvalue weighted by Crippen LogP contribution is 2.22. The Morgan fingerprint density at radius 3 is 2.52 bits per heavy atom. The minimum absolute atomic E-state index is 0.0488. The average molecular weight is 291 g/mol. The van der Waals surface area contributed by atoms with E-state index in [0.29, 0.717) is 17.3 Å². The number of nitrogens with two attached hydrogens (primary N) is 1. The summed E-state index contributed by atoms with van der Waals surface area (Å²) in [4.78, 5) is 14.1. The minimum Gasteiger partial charge on any atom is -0.424 e. The number of halogens is 1. The summed E-state index contributed by atoms with van der Waals surface area (Å²) in [7, 11) is 0. The molecule has 0 saturated heterocycles. The van der Waals surface area contributed by atoms with Crippen LogP contribution in [0.3, 0.4) is 0 Å². The topological polar surface area (TPSA) is 77.2 Å². The van der Waals surface area contributed by atoms with Crippen molar-refractivity contribution in [2.24, 2.45) is 0 Å². The van der Waals surface area contributed by atoms with Gasteiger partial charge in [-0.1, -0.05) is 6.07 Å². The smallest absolute Gasteiger partial charge is 0.328 e. The van der Waals surface area contributed by atoms with Crippen molar-refractivity contribution in [3.05, 3.63) is 29.6 Å². The molecule has 0 atom stereocenters. The van der Waals surface area contributed by atoms with Crippen LogP contribution in [0.5, 0.6) is 11.8 Å². The number of nitrogen functional groups attached to an aromatic ring is 1. The van der Waals surface area contributed by atoms with Crippen molar-refractivity contribution in [3.8, 4) is 11.8 Å². The van der Waals surface area contributed by atoms with Gasteiger partial charge in [0.1, 0.15) is 11.6 Å². The van der Waals surface area contributed by atoms with Gasteiger partial charge in [-0.3, -0.25) is 0 Å². The summed E-state index contributed by atoms with van der Waals surface area (Å²) < 4.78 is 19.0. The number of aromatic nitrogens is 3.